The summed E-state index contributed by atoms with van der Waals surface area (Å²) in [4.78, 5) is 2.60. The fourth-order valence-electron chi connectivity index (χ4n) is 8.54. The second-order valence-corrected chi connectivity index (χ2v) is 20.0. The molecule has 60 heavy (non-hydrogen) atoms. The van der Waals surface area contributed by atoms with E-state index in [1.807, 2.05) is 11.8 Å². The Balaban J connectivity index is 1.29. The van der Waals surface area contributed by atoms with Gasteiger partial charge in [-0.3, -0.25) is 4.55 Å². The molecular formula is C53H64N2O3S2. The molecule has 0 atom stereocenters. The summed E-state index contributed by atoms with van der Waals surface area (Å²) in [5.41, 5.74) is 7.25. The average Bonchev–Trinajstić information content (AvgIpc) is 3.22. The molecule has 3 N–H and O–H groups in total. The van der Waals surface area contributed by atoms with Crippen molar-refractivity contribution in [3.63, 3.8) is 0 Å². The Morgan fingerprint density at radius 1 is 0.717 bits per heavy atom. The summed E-state index contributed by atoms with van der Waals surface area (Å²) in [6.07, 6.45) is 20.5. The summed E-state index contributed by atoms with van der Waals surface area (Å²) in [6, 6.07) is 36.9. The first-order valence-corrected chi connectivity index (χ1v) is 24.3. The van der Waals surface area contributed by atoms with E-state index in [0.717, 1.165) is 37.9 Å². The minimum absolute atomic E-state index is 0.200. The second kappa shape index (κ2) is 20.8. The van der Waals surface area contributed by atoms with Gasteiger partial charge in [-0.25, -0.2) is 0 Å². The Hall–Kier alpha value is -4.56. The van der Waals surface area contributed by atoms with E-state index >= 15 is 0 Å². The van der Waals surface area contributed by atoms with Gasteiger partial charge in [0.2, 0.25) is 0 Å². The highest BCUT2D eigenvalue weighted by atomic mass is 32.2. The molecule has 0 aliphatic heterocycles. The molecule has 0 amide bonds. The smallest absolute Gasteiger partial charge is 0.264 e. The van der Waals surface area contributed by atoms with Gasteiger partial charge in [-0.15, -0.1) is 0 Å². The number of fused-ring (bicyclic) bond motifs is 2. The molecule has 0 spiro atoms. The largest absolute Gasteiger partial charge is 0.385 e. The summed E-state index contributed by atoms with van der Waals surface area (Å²) >= 11 is 1.88. The van der Waals surface area contributed by atoms with Gasteiger partial charge in [0, 0.05) is 39.7 Å². The number of benzene rings is 5. The van der Waals surface area contributed by atoms with Gasteiger partial charge in [0.25, 0.3) is 10.1 Å². The van der Waals surface area contributed by atoms with Gasteiger partial charge in [0.15, 0.2) is 0 Å². The number of rotatable bonds is 20. The average molecular weight is 841 g/mol. The van der Waals surface area contributed by atoms with E-state index in [1.165, 1.54) is 78.6 Å². The number of hydrogen-bond acceptors (Lipinski definition) is 5. The number of unbranched alkanes of at least 4 members (excludes halogenated alkanes) is 3. The van der Waals surface area contributed by atoms with E-state index in [1.54, 1.807) is 0 Å². The van der Waals surface area contributed by atoms with Crippen LogP contribution in [0.4, 0.5) is 11.4 Å². The third kappa shape index (κ3) is 12.0. The third-order valence-corrected chi connectivity index (χ3v) is 13.7. The van der Waals surface area contributed by atoms with E-state index in [0.29, 0.717) is 19.4 Å². The molecule has 0 aromatic heterocycles. The molecule has 0 radical (unpaired) electrons. The van der Waals surface area contributed by atoms with Crippen LogP contribution in [0.15, 0.2) is 154 Å². The van der Waals surface area contributed by atoms with Gasteiger partial charge in [-0.05, 0) is 118 Å². The van der Waals surface area contributed by atoms with Crippen molar-refractivity contribution in [3.8, 4) is 0 Å². The van der Waals surface area contributed by atoms with E-state index in [9.17, 15) is 13.0 Å². The highest BCUT2D eigenvalue weighted by Gasteiger charge is 2.26. The normalized spacial score (nSPS) is 14.9. The van der Waals surface area contributed by atoms with Gasteiger partial charge in [0.05, 0.1) is 5.75 Å². The minimum Gasteiger partial charge on any atom is -0.385 e. The lowest BCUT2D eigenvalue weighted by Gasteiger charge is -2.29. The SMILES string of the molecule is CCCCCNc1ccc2ccccc2c1C(C)(C)/C=C\C=C1/CCCC(/C=C/CC(C)(C)c2c(NCCCCS(=O)(=O)O)ccc3ccccc23)=C1Sc1ccccc1. The maximum Gasteiger partial charge on any atom is 0.264 e. The Morgan fingerprint density at radius 2 is 1.32 bits per heavy atom. The molecule has 0 unspecified atom stereocenters. The Kier molecular flexibility index (Phi) is 15.6. The van der Waals surface area contributed by atoms with Crippen LogP contribution in [0.5, 0.6) is 0 Å². The zero-order chi connectivity index (χ0) is 42.6. The lowest BCUT2D eigenvalue weighted by atomic mass is 9.77. The molecule has 5 aromatic rings. The zero-order valence-electron chi connectivity index (χ0n) is 36.3. The lowest BCUT2D eigenvalue weighted by Crippen LogP contribution is -2.20. The van der Waals surface area contributed by atoms with Crippen molar-refractivity contribution in [2.24, 2.45) is 0 Å². The molecule has 0 heterocycles. The van der Waals surface area contributed by atoms with Crippen LogP contribution in [-0.2, 0) is 20.9 Å². The number of anilines is 2. The summed E-state index contributed by atoms with van der Waals surface area (Å²) < 4.78 is 31.7. The number of hydrogen-bond donors (Lipinski definition) is 3. The summed E-state index contributed by atoms with van der Waals surface area (Å²) in [5.74, 6) is -0.218. The highest BCUT2D eigenvalue weighted by molar-refractivity contribution is 8.03. The molecule has 0 saturated carbocycles. The number of nitrogens with one attached hydrogen (secondary N) is 2. The zero-order valence-corrected chi connectivity index (χ0v) is 37.9. The van der Waals surface area contributed by atoms with Crippen LogP contribution in [-0.4, -0.2) is 31.8 Å². The first-order valence-electron chi connectivity index (χ1n) is 21.8. The molecule has 6 rings (SSSR count). The number of allylic oxidation sites excluding steroid dienone is 7. The standard InChI is InChI=1S/C53H64N2O3S2/c1-6-7-15-37-54-47-33-31-40-21-11-13-29-45(40)49(47)52(2,3)35-19-25-42-23-18-24-43(51(42)59-44-27-9-8-10-28-44)26-20-36-53(4,5)50-46-30-14-12-22-41(46)32-34-48(50)55-38-16-17-39-60(56,57)58/h8-14,19-22,25-35,54-55H,6-7,15-18,23-24,36-39H2,1-5H3,(H,56,57,58)/b26-20+,35-19-,42-25+. The molecule has 7 heteroatoms. The Bertz CT molecular complexity index is 2460. The van der Waals surface area contributed by atoms with Gasteiger partial charge in [-0.1, -0.05) is 168 Å². The van der Waals surface area contributed by atoms with Crippen molar-refractivity contribution in [2.75, 3.05) is 29.5 Å². The molecule has 316 valence electrons. The Labute approximate surface area is 364 Å². The van der Waals surface area contributed by atoms with Crippen molar-refractivity contribution in [1.29, 1.82) is 0 Å². The maximum atomic E-state index is 11.3. The van der Waals surface area contributed by atoms with Crippen molar-refractivity contribution in [1.82, 2.24) is 0 Å². The fraction of sp³-hybridized carbons (Fsp3) is 0.358. The van der Waals surface area contributed by atoms with E-state index in [4.69, 9.17) is 0 Å². The van der Waals surface area contributed by atoms with Gasteiger partial charge in [-0.2, -0.15) is 8.42 Å². The molecule has 5 nitrogen and oxygen atoms in total. The van der Waals surface area contributed by atoms with Crippen molar-refractivity contribution in [2.45, 2.75) is 108 Å². The molecule has 0 fully saturated rings. The molecule has 5 aromatic carbocycles. The monoisotopic (exact) mass is 840 g/mol. The predicted octanol–water partition coefficient (Wildman–Crippen LogP) is 14.6. The molecule has 0 bridgehead atoms. The lowest BCUT2D eigenvalue weighted by molar-refractivity contribution is 0.480. The van der Waals surface area contributed by atoms with Gasteiger partial charge < -0.3 is 10.6 Å². The van der Waals surface area contributed by atoms with Crippen LogP contribution in [0.3, 0.4) is 0 Å². The fourth-order valence-corrected chi connectivity index (χ4v) is 10.2. The molecule has 1 aliphatic rings. The van der Waals surface area contributed by atoms with Crippen LogP contribution in [0.1, 0.15) is 104 Å². The van der Waals surface area contributed by atoms with Crippen LogP contribution >= 0.6 is 11.8 Å². The van der Waals surface area contributed by atoms with E-state index in [2.05, 4.69) is 179 Å². The summed E-state index contributed by atoms with van der Waals surface area (Å²) in [6.45, 7) is 13.2. The second-order valence-electron chi connectivity index (χ2n) is 17.4. The van der Waals surface area contributed by atoms with E-state index < -0.39 is 10.1 Å². The topological polar surface area (TPSA) is 78.4 Å². The van der Waals surface area contributed by atoms with E-state index in [-0.39, 0.29) is 16.6 Å². The number of thioether (sulfide) groups is 1. The highest BCUT2D eigenvalue weighted by Crippen LogP contribution is 2.44. The molecule has 0 saturated heterocycles. The van der Waals surface area contributed by atoms with Crippen LogP contribution in [0.25, 0.3) is 21.5 Å². The predicted molar refractivity (Wildman–Crippen MR) is 260 cm³/mol. The maximum absolute atomic E-state index is 11.3. The summed E-state index contributed by atoms with van der Waals surface area (Å²) in [7, 11) is -3.96. The van der Waals surface area contributed by atoms with Crippen molar-refractivity contribution < 1.29 is 13.0 Å². The van der Waals surface area contributed by atoms with Crippen LogP contribution in [0.2, 0.25) is 0 Å². The summed E-state index contributed by atoms with van der Waals surface area (Å²) in [5, 5.41) is 12.4. The van der Waals surface area contributed by atoms with Gasteiger partial charge in [0.1, 0.15) is 0 Å². The van der Waals surface area contributed by atoms with Crippen LogP contribution in [0, 0.1) is 0 Å². The van der Waals surface area contributed by atoms with Crippen molar-refractivity contribution in [3.05, 3.63) is 161 Å². The Morgan fingerprint density at radius 3 is 1.97 bits per heavy atom. The first kappa shape index (κ1) is 45.0. The quantitative estimate of drug-likeness (QED) is 0.0535. The third-order valence-electron chi connectivity index (χ3n) is 11.6. The first-order chi connectivity index (χ1) is 28.9. The van der Waals surface area contributed by atoms with Gasteiger partial charge >= 0.3 is 0 Å². The van der Waals surface area contributed by atoms with Crippen LogP contribution < -0.4 is 10.6 Å². The minimum atomic E-state index is -3.96. The molecule has 1 aliphatic carbocycles. The van der Waals surface area contributed by atoms with Crippen molar-refractivity contribution >= 4 is 54.8 Å². The molecular weight excluding hydrogens is 777 g/mol.